The minimum Gasteiger partial charge on any atom is -0.445 e. The van der Waals surface area contributed by atoms with Gasteiger partial charge < -0.3 is 9.72 Å². The Morgan fingerprint density at radius 1 is 1.27 bits per heavy atom. The Hall–Kier alpha value is -2.86. The lowest BCUT2D eigenvalue weighted by Gasteiger charge is -2.26. The van der Waals surface area contributed by atoms with Crippen LogP contribution in [0.3, 0.4) is 0 Å². The summed E-state index contributed by atoms with van der Waals surface area (Å²) in [7, 11) is 0. The molecule has 1 N–H and O–H groups in total. The summed E-state index contributed by atoms with van der Waals surface area (Å²) < 4.78 is 6.66. The molecular formula is C24H22BrN3O2. The average Bonchev–Trinajstić information content (AvgIpc) is 3.58. The number of fused-ring (bicyclic) bond motifs is 1. The maximum atomic E-state index is 13.0. The zero-order chi connectivity index (χ0) is 20.7. The molecule has 6 heteroatoms. The van der Waals surface area contributed by atoms with Crippen LogP contribution >= 0.6 is 15.9 Å². The van der Waals surface area contributed by atoms with E-state index in [2.05, 4.69) is 32.5 Å². The Morgan fingerprint density at radius 3 is 2.70 bits per heavy atom. The van der Waals surface area contributed by atoms with Crippen LogP contribution in [0, 0.1) is 11.3 Å². The second-order valence-corrected chi connectivity index (χ2v) is 8.91. The number of halogens is 1. The predicted octanol–water partition coefficient (Wildman–Crippen LogP) is 5.55. The first kappa shape index (κ1) is 19.1. The standard InChI is InChI=1S/C24H22BrN3O2/c1-2-24-12-19(24)22(24)28(23(29)30-15-16-6-4-3-5-7-16)14-21-26-13-20(27-21)17-8-10-18(25)11-9-17/h2-11,13,19,22H,1,12,14-15H2,(H,26,27)/t19?,22-,24+/m1/s1. The summed E-state index contributed by atoms with van der Waals surface area (Å²) >= 11 is 3.46. The van der Waals surface area contributed by atoms with Crippen LogP contribution in [-0.4, -0.2) is 27.0 Å². The van der Waals surface area contributed by atoms with Crippen LogP contribution in [0.15, 0.2) is 77.9 Å². The molecule has 1 unspecified atom stereocenters. The number of hydrogen-bond donors (Lipinski definition) is 1. The van der Waals surface area contributed by atoms with Crippen molar-refractivity contribution in [2.45, 2.75) is 25.6 Å². The molecule has 2 fully saturated rings. The van der Waals surface area contributed by atoms with E-state index in [1.807, 2.05) is 71.8 Å². The van der Waals surface area contributed by atoms with Crippen LogP contribution in [0.25, 0.3) is 11.3 Å². The molecule has 2 saturated carbocycles. The first-order chi connectivity index (χ1) is 14.6. The molecule has 1 heterocycles. The van der Waals surface area contributed by atoms with Gasteiger partial charge in [-0.25, -0.2) is 9.78 Å². The normalized spacial score (nSPS) is 23.4. The van der Waals surface area contributed by atoms with Gasteiger partial charge in [0.15, 0.2) is 0 Å². The third-order valence-corrected chi connectivity index (χ3v) is 6.71. The predicted molar refractivity (Wildman–Crippen MR) is 118 cm³/mol. The van der Waals surface area contributed by atoms with Crippen LogP contribution in [0.1, 0.15) is 17.8 Å². The SMILES string of the molecule is C=C[C@]12CC1[C@H]2N(Cc1ncc(-c2ccc(Br)cc2)[nH]1)C(=O)OCc1ccccc1. The Labute approximate surface area is 183 Å². The van der Waals surface area contributed by atoms with E-state index >= 15 is 0 Å². The summed E-state index contributed by atoms with van der Waals surface area (Å²) in [6.07, 6.45) is 4.60. The zero-order valence-corrected chi connectivity index (χ0v) is 18.0. The van der Waals surface area contributed by atoms with E-state index in [-0.39, 0.29) is 24.2 Å². The maximum Gasteiger partial charge on any atom is 0.410 e. The first-order valence-electron chi connectivity index (χ1n) is 10.0. The second kappa shape index (κ2) is 7.43. The van der Waals surface area contributed by atoms with Gasteiger partial charge in [-0.05, 0) is 35.6 Å². The molecule has 5 rings (SSSR count). The van der Waals surface area contributed by atoms with E-state index in [9.17, 15) is 4.79 Å². The molecule has 2 aromatic carbocycles. The summed E-state index contributed by atoms with van der Waals surface area (Å²) in [5, 5.41) is 0. The van der Waals surface area contributed by atoms with Gasteiger partial charge in [0.1, 0.15) is 12.4 Å². The molecule has 0 spiro atoms. The quantitative estimate of drug-likeness (QED) is 0.467. The first-order valence-corrected chi connectivity index (χ1v) is 10.8. The van der Waals surface area contributed by atoms with Crippen molar-refractivity contribution < 1.29 is 9.53 Å². The van der Waals surface area contributed by atoms with Gasteiger partial charge in [-0.1, -0.05) is 64.5 Å². The fourth-order valence-corrected chi connectivity index (χ4v) is 4.50. The highest BCUT2D eigenvalue weighted by molar-refractivity contribution is 9.10. The zero-order valence-electron chi connectivity index (χ0n) is 16.4. The number of aromatic amines is 1. The topological polar surface area (TPSA) is 58.2 Å². The number of aromatic nitrogens is 2. The van der Waals surface area contributed by atoms with Crippen molar-refractivity contribution in [1.29, 1.82) is 0 Å². The molecule has 3 aromatic rings. The highest BCUT2D eigenvalue weighted by Crippen LogP contribution is 2.77. The van der Waals surface area contributed by atoms with E-state index in [0.29, 0.717) is 12.5 Å². The average molecular weight is 464 g/mol. The van der Waals surface area contributed by atoms with Crippen LogP contribution in [0.5, 0.6) is 0 Å². The number of rotatable bonds is 7. The number of nitrogens with zero attached hydrogens (tertiary/aromatic N) is 2. The van der Waals surface area contributed by atoms with Gasteiger partial charge in [-0.3, -0.25) is 4.90 Å². The fraction of sp³-hybridized carbons (Fsp3) is 0.250. The molecule has 152 valence electrons. The minimum atomic E-state index is -0.307. The van der Waals surface area contributed by atoms with Crippen molar-refractivity contribution in [3.63, 3.8) is 0 Å². The number of carbonyl (C=O) groups is 1. The summed E-state index contributed by atoms with van der Waals surface area (Å²) in [5.74, 6) is 1.25. The lowest BCUT2D eigenvalue weighted by Crippen LogP contribution is -2.38. The summed E-state index contributed by atoms with van der Waals surface area (Å²) in [6.45, 7) is 4.62. The van der Waals surface area contributed by atoms with Gasteiger partial charge in [0.05, 0.1) is 18.4 Å². The van der Waals surface area contributed by atoms with Crippen molar-refractivity contribution in [1.82, 2.24) is 14.9 Å². The Morgan fingerprint density at radius 2 is 2.03 bits per heavy atom. The number of hydrogen-bond acceptors (Lipinski definition) is 3. The minimum absolute atomic E-state index is 0.0763. The Bertz CT molecular complexity index is 1080. The van der Waals surface area contributed by atoms with Gasteiger partial charge in [0.2, 0.25) is 0 Å². The highest BCUT2D eigenvalue weighted by Gasteiger charge is 2.79. The lowest BCUT2D eigenvalue weighted by molar-refractivity contribution is 0.0808. The van der Waals surface area contributed by atoms with Gasteiger partial charge in [0, 0.05) is 15.9 Å². The number of nitrogens with one attached hydrogen (secondary N) is 1. The summed E-state index contributed by atoms with van der Waals surface area (Å²) in [4.78, 5) is 22.6. The molecule has 30 heavy (non-hydrogen) atoms. The molecule has 1 amide bonds. The molecule has 2 aliphatic carbocycles. The Balaban J connectivity index is 1.31. The Kier molecular flexibility index (Phi) is 4.74. The maximum absolute atomic E-state index is 13.0. The molecule has 5 nitrogen and oxygen atoms in total. The number of ether oxygens (including phenoxy) is 1. The molecule has 2 aliphatic rings. The molecule has 0 saturated heterocycles. The van der Waals surface area contributed by atoms with Crippen LogP contribution in [-0.2, 0) is 17.9 Å². The van der Waals surface area contributed by atoms with Crippen molar-refractivity contribution in [3.05, 3.63) is 89.3 Å². The lowest BCUT2D eigenvalue weighted by atomic mass is 10.1. The third kappa shape index (κ3) is 3.45. The van der Waals surface area contributed by atoms with Gasteiger partial charge >= 0.3 is 6.09 Å². The van der Waals surface area contributed by atoms with Crippen molar-refractivity contribution in [2.75, 3.05) is 0 Å². The van der Waals surface area contributed by atoms with E-state index < -0.39 is 0 Å². The molecule has 0 bridgehead atoms. The van der Waals surface area contributed by atoms with Crippen LogP contribution < -0.4 is 0 Å². The third-order valence-electron chi connectivity index (χ3n) is 6.19. The smallest absolute Gasteiger partial charge is 0.410 e. The van der Waals surface area contributed by atoms with Gasteiger partial charge in [0.25, 0.3) is 0 Å². The molecule has 0 radical (unpaired) electrons. The molecule has 0 aliphatic heterocycles. The van der Waals surface area contributed by atoms with Gasteiger partial charge in [-0.15, -0.1) is 6.58 Å². The van der Waals surface area contributed by atoms with E-state index in [4.69, 9.17) is 4.74 Å². The molecular weight excluding hydrogens is 442 g/mol. The highest BCUT2D eigenvalue weighted by atomic mass is 79.9. The van der Waals surface area contributed by atoms with Crippen LogP contribution in [0.4, 0.5) is 4.79 Å². The number of imidazole rings is 1. The van der Waals surface area contributed by atoms with Crippen molar-refractivity contribution in [2.24, 2.45) is 11.3 Å². The number of H-pyrrole nitrogens is 1. The van der Waals surface area contributed by atoms with Crippen molar-refractivity contribution in [3.8, 4) is 11.3 Å². The summed E-state index contributed by atoms with van der Waals surface area (Å²) in [5.41, 5.74) is 3.02. The summed E-state index contributed by atoms with van der Waals surface area (Å²) in [6, 6.07) is 17.9. The number of carbonyl (C=O) groups excluding carboxylic acids is 1. The largest absolute Gasteiger partial charge is 0.445 e. The van der Waals surface area contributed by atoms with Crippen LogP contribution in [0.2, 0.25) is 0 Å². The second-order valence-electron chi connectivity index (χ2n) is 7.99. The van der Waals surface area contributed by atoms with E-state index in [0.717, 1.165) is 33.5 Å². The number of benzene rings is 2. The van der Waals surface area contributed by atoms with E-state index in [1.54, 1.807) is 0 Å². The van der Waals surface area contributed by atoms with Crippen molar-refractivity contribution >= 4 is 22.0 Å². The van der Waals surface area contributed by atoms with E-state index in [1.165, 1.54) is 0 Å². The van der Waals surface area contributed by atoms with Gasteiger partial charge in [-0.2, -0.15) is 0 Å². The number of amides is 1. The monoisotopic (exact) mass is 463 g/mol. The molecule has 3 atom stereocenters. The molecule has 1 aromatic heterocycles. The fourth-order valence-electron chi connectivity index (χ4n) is 4.23.